The Morgan fingerprint density at radius 1 is 0.886 bits per heavy atom. The van der Waals surface area contributed by atoms with E-state index in [9.17, 15) is 14.4 Å². The van der Waals surface area contributed by atoms with Gasteiger partial charge < -0.3 is 15.4 Å². The molecule has 2 N–H and O–H groups in total. The monoisotopic (exact) mass is 474 g/mol. The highest BCUT2D eigenvalue weighted by Gasteiger charge is 2.53. The summed E-state index contributed by atoms with van der Waals surface area (Å²) in [5.74, 6) is 1.19. The molecule has 0 aliphatic heterocycles. The standard InChI is InChI=1S/C29H34N2O4/c1-19(29-14-20-11-21(15-29)13-22(12-20)16-29)31-26(32)18-35-27(33)17-30-28(34)25-9-7-24(8-10-25)23-5-3-2-4-6-23/h2-10,19-22H,11-18H2,1H3,(H,30,34)(H,31,32)/t19-,20?,21?,22?,29?/m1/s1. The Bertz CT molecular complexity index is 1040. The maximum absolute atomic E-state index is 12.5. The molecule has 0 saturated heterocycles. The van der Waals surface area contributed by atoms with E-state index in [1.165, 1.54) is 38.5 Å². The molecule has 1 atom stereocenters. The maximum atomic E-state index is 12.5. The van der Waals surface area contributed by atoms with E-state index in [0.29, 0.717) is 5.56 Å². The molecule has 0 spiro atoms. The largest absolute Gasteiger partial charge is 0.454 e. The summed E-state index contributed by atoms with van der Waals surface area (Å²) in [5, 5.41) is 5.66. The number of hydrogen-bond donors (Lipinski definition) is 2. The second kappa shape index (κ2) is 9.84. The average Bonchev–Trinajstić information content (AvgIpc) is 2.86. The number of rotatable bonds is 8. The van der Waals surface area contributed by atoms with Gasteiger partial charge in [0.25, 0.3) is 11.8 Å². The first-order valence-corrected chi connectivity index (χ1v) is 12.8. The lowest BCUT2D eigenvalue weighted by Crippen LogP contribution is -2.56. The van der Waals surface area contributed by atoms with E-state index in [-0.39, 0.29) is 36.4 Å². The van der Waals surface area contributed by atoms with Crippen LogP contribution in [0.15, 0.2) is 54.6 Å². The third-order valence-electron chi connectivity index (χ3n) is 8.39. The van der Waals surface area contributed by atoms with Gasteiger partial charge in [0.15, 0.2) is 6.61 Å². The zero-order chi connectivity index (χ0) is 24.4. The van der Waals surface area contributed by atoms with Crippen molar-refractivity contribution < 1.29 is 19.1 Å². The van der Waals surface area contributed by atoms with Gasteiger partial charge in [0.2, 0.25) is 0 Å². The maximum Gasteiger partial charge on any atom is 0.325 e. The van der Waals surface area contributed by atoms with E-state index < -0.39 is 5.97 Å². The lowest BCUT2D eigenvalue weighted by molar-refractivity contribution is -0.148. The molecular weight excluding hydrogens is 440 g/mol. The summed E-state index contributed by atoms with van der Waals surface area (Å²) >= 11 is 0. The predicted octanol–water partition coefficient (Wildman–Crippen LogP) is 4.35. The third-order valence-corrected chi connectivity index (χ3v) is 8.39. The fourth-order valence-corrected chi connectivity index (χ4v) is 7.04. The van der Waals surface area contributed by atoms with Gasteiger partial charge in [0.1, 0.15) is 6.54 Å². The fourth-order valence-electron chi connectivity index (χ4n) is 7.04. The molecule has 4 saturated carbocycles. The first kappa shape index (κ1) is 23.6. The van der Waals surface area contributed by atoms with Crippen LogP contribution in [-0.4, -0.2) is 37.0 Å². The molecule has 2 aromatic carbocycles. The van der Waals surface area contributed by atoms with Crippen LogP contribution in [0.1, 0.15) is 55.8 Å². The average molecular weight is 475 g/mol. The first-order valence-electron chi connectivity index (χ1n) is 12.8. The van der Waals surface area contributed by atoms with Crippen LogP contribution in [0.2, 0.25) is 0 Å². The van der Waals surface area contributed by atoms with Crippen LogP contribution >= 0.6 is 0 Å². The van der Waals surface area contributed by atoms with E-state index >= 15 is 0 Å². The normalized spacial score (nSPS) is 27.2. The lowest BCUT2D eigenvalue weighted by atomic mass is 9.48. The number of ether oxygens (including phenoxy) is 1. The molecule has 0 radical (unpaired) electrons. The van der Waals surface area contributed by atoms with E-state index in [4.69, 9.17) is 4.74 Å². The van der Waals surface area contributed by atoms with E-state index in [1.54, 1.807) is 12.1 Å². The molecule has 4 fully saturated rings. The topological polar surface area (TPSA) is 84.5 Å². The van der Waals surface area contributed by atoms with Crippen molar-refractivity contribution in [3.8, 4) is 11.1 Å². The highest BCUT2D eigenvalue weighted by atomic mass is 16.5. The van der Waals surface area contributed by atoms with Gasteiger partial charge in [-0.2, -0.15) is 0 Å². The molecule has 2 aromatic rings. The molecule has 6 rings (SSSR count). The van der Waals surface area contributed by atoms with Gasteiger partial charge in [-0.3, -0.25) is 14.4 Å². The number of carbonyl (C=O) groups is 3. The molecule has 2 amide bonds. The zero-order valence-corrected chi connectivity index (χ0v) is 20.3. The fraction of sp³-hybridized carbons (Fsp3) is 0.483. The van der Waals surface area contributed by atoms with Crippen LogP contribution in [0, 0.1) is 23.2 Å². The second-order valence-electron chi connectivity index (χ2n) is 10.9. The van der Waals surface area contributed by atoms with Gasteiger partial charge in [-0.15, -0.1) is 0 Å². The molecule has 4 aliphatic rings. The van der Waals surface area contributed by atoms with Gasteiger partial charge in [0, 0.05) is 11.6 Å². The summed E-state index contributed by atoms with van der Waals surface area (Å²) in [7, 11) is 0. The second-order valence-corrected chi connectivity index (χ2v) is 10.9. The van der Waals surface area contributed by atoms with Crippen LogP contribution in [0.3, 0.4) is 0 Å². The Kier molecular flexibility index (Phi) is 6.63. The van der Waals surface area contributed by atoms with Crippen LogP contribution in [-0.2, 0) is 14.3 Å². The zero-order valence-electron chi connectivity index (χ0n) is 20.3. The summed E-state index contributed by atoms with van der Waals surface area (Å²) in [6, 6.07) is 17.2. The summed E-state index contributed by atoms with van der Waals surface area (Å²) in [4.78, 5) is 37.0. The van der Waals surface area contributed by atoms with Gasteiger partial charge in [0.05, 0.1) is 0 Å². The molecule has 0 unspecified atom stereocenters. The summed E-state index contributed by atoms with van der Waals surface area (Å²) in [6.45, 7) is 1.50. The third kappa shape index (κ3) is 5.26. The van der Waals surface area contributed by atoms with E-state index in [1.807, 2.05) is 42.5 Å². The molecule has 0 aromatic heterocycles. The molecule has 184 valence electrons. The molecule has 4 aliphatic carbocycles. The minimum Gasteiger partial charge on any atom is -0.454 e. The van der Waals surface area contributed by atoms with E-state index in [2.05, 4.69) is 17.6 Å². The highest BCUT2D eigenvalue weighted by Crippen LogP contribution is 2.61. The summed E-state index contributed by atoms with van der Waals surface area (Å²) in [6.07, 6.45) is 7.71. The Labute approximate surface area is 206 Å². The number of amides is 2. The van der Waals surface area contributed by atoms with Crippen molar-refractivity contribution in [2.75, 3.05) is 13.2 Å². The van der Waals surface area contributed by atoms with Gasteiger partial charge >= 0.3 is 5.97 Å². The highest BCUT2D eigenvalue weighted by molar-refractivity contribution is 5.96. The van der Waals surface area contributed by atoms with Crippen molar-refractivity contribution in [2.45, 2.75) is 51.5 Å². The molecule has 6 heteroatoms. The van der Waals surface area contributed by atoms with Crippen LogP contribution < -0.4 is 10.6 Å². The quantitative estimate of drug-likeness (QED) is 0.557. The van der Waals surface area contributed by atoms with Crippen LogP contribution in [0.25, 0.3) is 11.1 Å². The van der Waals surface area contributed by atoms with Gasteiger partial charge in [-0.05, 0) is 91.9 Å². The minimum absolute atomic E-state index is 0.0839. The number of nitrogens with one attached hydrogen (secondary N) is 2. The van der Waals surface area contributed by atoms with Crippen LogP contribution in [0.4, 0.5) is 0 Å². The predicted molar refractivity (Wildman–Crippen MR) is 133 cm³/mol. The van der Waals surface area contributed by atoms with Crippen molar-refractivity contribution in [3.63, 3.8) is 0 Å². The smallest absolute Gasteiger partial charge is 0.325 e. The summed E-state index contributed by atoms with van der Waals surface area (Å²) < 4.78 is 5.12. The molecule has 4 bridgehead atoms. The number of benzene rings is 2. The molecular formula is C29H34N2O4. The molecule has 0 heterocycles. The van der Waals surface area contributed by atoms with Crippen LogP contribution in [0.5, 0.6) is 0 Å². The van der Waals surface area contributed by atoms with Crippen molar-refractivity contribution in [1.29, 1.82) is 0 Å². The van der Waals surface area contributed by atoms with Gasteiger partial charge in [-0.25, -0.2) is 0 Å². The van der Waals surface area contributed by atoms with Crippen molar-refractivity contribution >= 4 is 17.8 Å². The number of carbonyl (C=O) groups excluding carboxylic acids is 3. The van der Waals surface area contributed by atoms with E-state index in [0.717, 1.165) is 28.9 Å². The number of esters is 1. The molecule has 6 nitrogen and oxygen atoms in total. The Balaban J connectivity index is 1.05. The van der Waals surface area contributed by atoms with Gasteiger partial charge in [-0.1, -0.05) is 42.5 Å². The van der Waals surface area contributed by atoms with Crippen molar-refractivity contribution in [2.24, 2.45) is 23.2 Å². The van der Waals surface area contributed by atoms with Crippen molar-refractivity contribution in [1.82, 2.24) is 10.6 Å². The van der Waals surface area contributed by atoms with Crippen molar-refractivity contribution in [3.05, 3.63) is 60.2 Å². The Morgan fingerprint density at radius 2 is 1.46 bits per heavy atom. The Hall–Kier alpha value is -3.15. The number of hydrogen-bond acceptors (Lipinski definition) is 4. The molecule has 35 heavy (non-hydrogen) atoms. The first-order chi connectivity index (χ1) is 16.9. The lowest BCUT2D eigenvalue weighted by Gasteiger charge is -2.59. The summed E-state index contributed by atoms with van der Waals surface area (Å²) in [5.41, 5.74) is 2.74. The SMILES string of the molecule is C[C@@H](NC(=O)COC(=O)CNC(=O)c1ccc(-c2ccccc2)cc1)C12CC3CC(CC(C3)C1)C2. The minimum atomic E-state index is -0.628. The Morgan fingerprint density at radius 3 is 2.06 bits per heavy atom.